The second kappa shape index (κ2) is 8.34. The van der Waals surface area contributed by atoms with Gasteiger partial charge in [0.1, 0.15) is 12.6 Å². The maximum absolute atomic E-state index is 11.2. The Morgan fingerprint density at radius 3 is 2.53 bits per heavy atom. The van der Waals surface area contributed by atoms with Crippen molar-refractivity contribution in [3.05, 3.63) is 0 Å². The number of hydrogen-bond acceptors (Lipinski definition) is 4. The van der Waals surface area contributed by atoms with Gasteiger partial charge < -0.3 is 26.2 Å². The number of carboxylic acids is 1. The van der Waals surface area contributed by atoms with Gasteiger partial charge in [-0.25, -0.2) is 9.59 Å². The van der Waals surface area contributed by atoms with Crippen LogP contribution in [0.1, 0.15) is 13.3 Å². The average Bonchev–Trinajstić information content (AvgIpc) is 2.24. The van der Waals surface area contributed by atoms with Crippen LogP contribution in [0.5, 0.6) is 0 Å². The number of amides is 3. The molecule has 0 saturated heterocycles. The lowest BCUT2D eigenvalue weighted by Gasteiger charge is -2.12. The molecule has 0 saturated carbocycles. The summed E-state index contributed by atoms with van der Waals surface area (Å²) in [7, 11) is 0. The Balaban J connectivity index is 3.65. The van der Waals surface area contributed by atoms with Crippen molar-refractivity contribution in [1.29, 1.82) is 0 Å². The first kappa shape index (κ1) is 15.2. The minimum Gasteiger partial charge on any atom is -0.480 e. The molecule has 0 aromatic carbocycles. The Labute approximate surface area is 98.5 Å². The molecule has 0 aromatic heterocycles. The van der Waals surface area contributed by atoms with Crippen LogP contribution in [0.25, 0.3) is 0 Å². The standard InChI is InChI=1S/C9H17N3O5/c1-2-6(8(14)15)12-9(16)11-3-4-17-5-7(10)13/h6H,2-5H2,1H3,(H2,10,13)(H,14,15)(H2,11,12,16)/t6-/m0/s1. The summed E-state index contributed by atoms with van der Waals surface area (Å²) in [6, 6.07) is -1.51. The SMILES string of the molecule is CC[C@H](NC(=O)NCCOCC(N)=O)C(=O)O. The molecule has 0 aliphatic carbocycles. The van der Waals surface area contributed by atoms with Crippen LogP contribution >= 0.6 is 0 Å². The number of nitrogens with two attached hydrogens (primary N) is 1. The predicted octanol–water partition coefficient (Wildman–Crippen LogP) is -1.35. The van der Waals surface area contributed by atoms with Crippen molar-refractivity contribution in [1.82, 2.24) is 10.6 Å². The molecule has 0 bridgehead atoms. The lowest BCUT2D eigenvalue weighted by molar-refractivity contribution is -0.139. The fourth-order valence-electron chi connectivity index (χ4n) is 0.957. The van der Waals surface area contributed by atoms with Crippen LogP contribution in [-0.4, -0.2) is 48.8 Å². The van der Waals surface area contributed by atoms with Crippen molar-refractivity contribution in [2.45, 2.75) is 19.4 Å². The molecule has 0 radical (unpaired) electrons. The molecule has 98 valence electrons. The van der Waals surface area contributed by atoms with E-state index in [9.17, 15) is 14.4 Å². The topological polar surface area (TPSA) is 131 Å². The second-order valence-corrected chi connectivity index (χ2v) is 3.22. The quantitative estimate of drug-likeness (QED) is 0.394. The highest BCUT2D eigenvalue weighted by Gasteiger charge is 2.16. The van der Waals surface area contributed by atoms with Crippen molar-refractivity contribution in [2.75, 3.05) is 19.8 Å². The van der Waals surface area contributed by atoms with Gasteiger partial charge in [-0.15, -0.1) is 0 Å². The van der Waals surface area contributed by atoms with Gasteiger partial charge in [-0.3, -0.25) is 4.79 Å². The predicted molar refractivity (Wildman–Crippen MR) is 58.3 cm³/mol. The third-order valence-electron chi connectivity index (χ3n) is 1.79. The van der Waals surface area contributed by atoms with E-state index >= 15 is 0 Å². The molecule has 0 aliphatic heterocycles. The number of ether oxygens (including phenoxy) is 1. The molecule has 5 N–H and O–H groups in total. The van der Waals surface area contributed by atoms with E-state index in [1.165, 1.54) is 0 Å². The van der Waals surface area contributed by atoms with E-state index in [1.54, 1.807) is 6.92 Å². The Morgan fingerprint density at radius 1 is 1.41 bits per heavy atom. The van der Waals surface area contributed by atoms with Crippen LogP contribution in [0.15, 0.2) is 0 Å². The lowest BCUT2D eigenvalue weighted by Crippen LogP contribution is -2.46. The molecule has 0 aromatic rings. The molecule has 0 unspecified atom stereocenters. The van der Waals surface area contributed by atoms with Gasteiger partial charge in [-0.05, 0) is 6.42 Å². The number of aliphatic carboxylic acids is 1. The number of carbonyl (C=O) groups is 3. The third-order valence-corrected chi connectivity index (χ3v) is 1.79. The number of nitrogens with one attached hydrogen (secondary N) is 2. The largest absolute Gasteiger partial charge is 0.480 e. The zero-order valence-corrected chi connectivity index (χ0v) is 9.56. The van der Waals surface area contributed by atoms with E-state index in [1.807, 2.05) is 0 Å². The number of rotatable bonds is 8. The summed E-state index contributed by atoms with van der Waals surface area (Å²) in [5.74, 6) is -1.68. The first-order valence-electron chi connectivity index (χ1n) is 5.10. The number of hydrogen-bond donors (Lipinski definition) is 4. The maximum atomic E-state index is 11.2. The molecular formula is C9H17N3O5. The molecule has 0 rings (SSSR count). The smallest absolute Gasteiger partial charge is 0.326 e. The highest BCUT2D eigenvalue weighted by atomic mass is 16.5. The lowest BCUT2D eigenvalue weighted by atomic mass is 10.2. The summed E-state index contributed by atoms with van der Waals surface area (Å²) in [5.41, 5.74) is 4.82. The van der Waals surface area contributed by atoms with Gasteiger partial charge in [-0.2, -0.15) is 0 Å². The van der Waals surface area contributed by atoms with E-state index in [-0.39, 0.29) is 19.8 Å². The molecule has 17 heavy (non-hydrogen) atoms. The van der Waals surface area contributed by atoms with E-state index in [4.69, 9.17) is 15.6 Å². The molecule has 8 nitrogen and oxygen atoms in total. The number of carbonyl (C=O) groups excluding carboxylic acids is 2. The Morgan fingerprint density at radius 2 is 2.06 bits per heavy atom. The molecular weight excluding hydrogens is 230 g/mol. The summed E-state index contributed by atoms with van der Waals surface area (Å²) < 4.78 is 4.79. The van der Waals surface area contributed by atoms with Crippen molar-refractivity contribution < 1.29 is 24.2 Å². The minimum absolute atomic E-state index is 0.125. The van der Waals surface area contributed by atoms with Crippen molar-refractivity contribution in [2.24, 2.45) is 5.73 Å². The normalized spacial score (nSPS) is 11.6. The van der Waals surface area contributed by atoms with E-state index < -0.39 is 23.9 Å². The average molecular weight is 247 g/mol. The zero-order chi connectivity index (χ0) is 13.3. The van der Waals surface area contributed by atoms with Gasteiger partial charge >= 0.3 is 12.0 Å². The summed E-state index contributed by atoms with van der Waals surface area (Å²) in [6.45, 7) is 1.72. The third kappa shape index (κ3) is 8.03. The van der Waals surface area contributed by atoms with Gasteiger partial charge in [0.15, 0.2) is 0 Å². The highest BCUT2D eigenvalue weighted by molar-refractivity contribution is 5.82. The zero-order valence-electron chi connectivity index (χ0n) is 9.56. The monoisotopic (exact) mass is 247 g/mol. The van der Waals surface area contributed by atoms with Crippen molar-refractivity contribution in [3.8, 4) is 0 Å². The second-order valence-electron chi connectivity index (χ2n) is 3.22. The molecule has 1 atom stereocenters. The summed E-state index contributed by atoms with van der Waals surface area (Å²) in [6.07, 6.45) is 0.293. The highest BCUT2D eigenvalue weighted by Crippen LogP contribution is 1.89. The van der Waals surface area contributed by atoms with Crippen LogP contribution in [0.4, 0.5) is 4.79 Å². The molecule has 8 heteroatoms. The summed E-state index contributed by atoms with van der Waals surface area (Å²) in [5, 5.41) is 13.3. The van der Waals surface area contributed by atoms with E-state index in [2.05, 4.69) is 10.6 Å². The van der Waals surface area contributed by atoms with Crippen LogP contribution in [0, 0.1) is 0 Å². The maximum Gasteiger partial charge on any atom is 0.326 e. The molecule has 0 fully saturated rings. The fourth-order valence-corrected chi connectivity index (χ4v) is 0.957. The number of urea groups is 1. The first-order valence-corrected chi connectivity index (χ1v) is 5.10. The first-order chi connectivity index (χ1) is 7.97. The van der Waals surface area contributed by atoms with Crippen LogP contribution in [0.2, 0.25) is 0 Å². The van der Waals surface area contributed by atoms with Gasteiger partial charge in [0.25, 0.3) is 0 Å². The van der Waals surface area contributed by atoms with Crippen LogP contribution in [0.3, 0.4) is 0 Å². The Hall–Kier alpha value is -1.83. The van der Waals surface area contributed by atoms with E-state index in [0.717, 1.165) is 0 Å². The van der Waals surface area contributed by atoms with Crippen molar-refractivity contribution >= 4 is 17.9 Å². The molecule has 0 spiro atoms. The molecule has 0 aliphatic rings. The van der Waals surface area contributed by atoms with Gasteiger partial charge in [-0.1, -0.05) is 6.92 Å². The molecule has 0 heterocycles. The summed E-state index contributed by atoms with van der Waals surface area (Å²) in [4.78, 5) is 32.1. The molecule has 3 amide bonds. The minimum atomic E-state index is -1.09. The van der Waals surface area contributed by atoms with Crippen LogP contribution < -0.4 is 16.4 Å². The van der Waals surface area contributed by atoms with E-state index in [0.29, 0.717) is 6.42 Å². The van der Waals surface area contributed by atoms with Crippen LogP contribution in [-0.2, 0) is 14.3 Å². The fraction of sp³-hybridized carbons (Fsp3) is 0.667. The van der Waals surface area contributed by atoms with Gasteiger partial charge in [0.2, 0.25) is 5.91 Å². The van der Waals surface area contributed by atoms with Gasteiger partial charge in [0.05, 0.1) is 6.61 Å². The Kier molecular flexibility index (Phi) is 7.44. The van der Waals surface area contributed by atoms with Crippen molar-refractivity contribution in [3.63, 3.8) is 0 Å². The Bertz CT molecular complexity index is 282. The van der Waals surface area contributed by atoms with Gasteiger partial charge in [0, 0.05) is 6.54 Å². The summed E-state index contributed by atoms with van der Waals surface area (Å²) >= 11 is 0. The number of primary amides is 1. The number of carboxylic acid groups (broad SMARTS) is 1.